The molecule has 2 amide bonds. The van der Waals surface area contributed by atoms with Crippen LogP contribution in [0.3, 0.4) is 0 Å². The molecule has 0 aliphatic heterocycles. The first-order chi connectivity index (χ1) is 12.8. The third-order valence-electron chi connectivity index (χ3n) is 4.23. The fraction of sp³-hybridized carbons (Fsp3) is 0.875. The number of carbonyl (C=O) groups is 2. The minimum Gasteiger partial charge on any atom is -0.450 e. The highest BCUT2D eigenvalue weighted by Crippen LogP contribution is 2.34. The Bertz CT molecular complexity index is 465. The summed E-state index contributed by atoms with van der Waals surface area (Å²) in [5.41, 5.74) is 0. The molecule has 1 unspecified atom stereocenters. The number of alkyl halides is 3. The number of hydrogen-bond acceptors (Lipinski definition) is 6. The Labute approximate surface area is 161 Å². The first-order valence-corrected chi connectivity index (χ1v) is 9.57. The van der Waals surface area contributed by atoms with E-state index >= 15 is 0 Å². The van der Waals surface area contributed by atoms with Crippen molar-refractivity contribution in [1.82, 2.24) is 10.6 Å². The number of alkyl carbamates (subject to hydrolysis) is 2. The normalized spacial score (nSPS) is 21.2. The Kier molecular flexibility index (Phi) is 10.7. The van der Waals surface area contributed by atoms with Crippen molar-refractivity contribution in [2.24, 2.45) is 11.8 Å². The van der Waals surface area contributed by atoms with Crippen LogP contribution in [-0.2, 0) is 13.7 Å². The van der Waals surface area contributed by atoms with Gasteiger partial charge in [0.1, 0.15) is 6.61 Å². The van der Waals surface area contributed by atoms with Crippen LogP contribution in [0, 0.1) is 11.8 Å². The van der Waals surface area contributed by atoms with Gasteiger partial charge in [-0.3, -0.25) is 0 Å². The molecule has 11 heteroatoms. The van der Waals surface area contributed by atoms with Crippen LogP contribution in [-0.4, -0.2) is 57.0 Å². The molecule has 0 spiro atoms. The van der Waals surface area contributed by atoms with E-state index in [0.29, 0.717) is 25.6 Å². The number of carbonyl (C=O) groups excluding carboxylic acids is 2. The van der Waals surface area contributed by atoms with Gasteiger partial charge in [0, 0.05) is 13.1 Å². The Morgan fingerprint density at radius 1 is 1.07 bits per heavy atom. The first-order valence-electron chi connectivity index (χ1n) is 8.83. The second-order valence-electron chi connectivity index (χ2n) is 6.25. The maximum absolute atomic E-state index is 13.3. The van der Waals surface area contributed by atoms with E-state index in [1.807, 2.05) is 0 Å². The molecule has 0 aromatic heterocycles. The quantitative estimate of drug-likeness (QED) is 0.530. The predicted octanol–water partition coefficient (Wildman–Crippen LogP) is 3.49. The molecule has 2 N–H and O–H groups in total. The molecule has 0 radical (unpaired) electrons. The Morgan fingerprint density at radius 2 is 1.56 bits per heavy atom. The smallest absolute Gasteiger partial charge is 0.407 e. The summed E-state index contributed by atoms with van der Waals surface area (Å²) in [6.45, 7) is 1.89. The van der Waals surface area contributed by atoms with Crippen LogP contribution in [0.4, 0.5) is 22.8 Å². The molecule has 1 rings (SSSR count). The largest absolute Gasteiger partial charge is 0.450 e. The summed E-state index contributed by atoms with van der Waals surface area (Å²) in [6, 6.07) is 0. The Balaban J connectivity index is 2.16. The lowest BCUT2D eigenvalue weighted by atomic mass is 9.82. The van der Waals surface area contributed by atoms with Gasteiger partial charge in [0.05, 0.1) is 25.8 Å². The minimum absolute atomic E-state index is 0.225. The summed E-state index contributed by atoms with van der Waals surface area (Å²) < 4.78 is 53.1. The number of ether oxygens (including phenoxy) is 2. The fourth-order valence-electron chi connectivity index (χ4n) is 2.74. The van der Waals surface area contributed by atoms with Crippen LogP contribution in [0.2, 0.25) is 0 Å². The number of hydrogen-bond donors (Lipinski definition) is 2. The molecule has 0 aromatic rings. The molecule has 1 aliphatic rings. The van der Waals surface area contributed by atoms with Crippen molar-refractivity contribution in [3.05, 3.63) is 0 Å². The summed E-state index contributed by atoms with van der Waals surface area (Å²) in [7, 11) is 1.00. The number of halogens is 3. The molecule has 158 valence electrons. The van der Waals surface area contributed by atoms with Gasteiger partial charge >= 0.3 is 17.4 Å². The zero-order chi connectivity index (χ0) is 20.3. The van der Waals surface area contributed by atoms with E-state index in [1.165, 1.54) is 0 Å². The predicted molar refractivity (Wildman–Crippen MR) is 94.3 cm³/mol. The van der Waals surface area contributed by atoms with Crippen LogP contribution in [0.1, 0.15) is 32.6 Å². The average Bonchev–Trinajstić information content (AvgIpc) is 2.63. The second kappa shape index (κ2) is 12.2. The van der Waals surface area contributed by atoms with Crippen LogP contribution in [0.15, 0.2) is 0 Å². The third kappa shape index (κ3) is 9.41. The zero-order valence-electron chi connectivity index (χ0n) is 15.5. The lowest BCUT2D eigenvalue weighted by molar-refractivity contribution is -0.0213. The molecule has 0 bridgehead atoms. The molecule has 1 fully saturated rings. The lowest BCUT2D eigenvalue weighted by Gasteiger charge is -2.28. The van der Waals surface area contributed by atoms with Crippen molar-refractivity contribution in [3.63, 3.8) is 0 Å². The average molecular weight is 416 g/mol. The fourth-order valence-corrected chi connectivity index (χ4v) is 3.13. The molecule has 27 heavy (non-hydrogen) atoms. The molecule has 0 heterocycles. The SMILES string of the molecule is CCOC(=O)NCC1CCC(CNC(=O)OCC(F)C(F)(F)SOC)CC1. The van der Waals surface area contributed by atoms with Crippen LogP contribution in [0.25, 0.3) is 0 Å². The van der Waals surface area contributed by atoms with Gasteiger partial charge in [-0.25, -0.2) is 14.0 Å². The van der Waals surface area contributed by atoms with Gasteiger partial charge in [-0.05, 0) is 44.4 Å². The molecule has 1 atom stereocenters. The van der Waals surface area contributed by atoms with E-state index in [9.17, 15) is 22.8 Å². The number of rotatable bonds is 10. The van der Waals surface area contributed by atoms with E-state index in [0.717, 1.165) is 32.8 Å². The van der Waals surface area contributed by atoms with E-state index < -0.39 is 30.2 Å². The van der Waals surface area contributed by atoms with Gasteiger partial charge in [-0.15, -0.1) is 0 Å². The highest BCUT2D eigenvalue weighted by atomic mass is 32.2. The lowest BCUT2D eigenvalue weighted by Crippen LogP contribution is -2.37. The topological polar surface area (TPSA) is 85.9 Å². The van der Waals surface area contributed by atoms with Crippen molar-refractivity contribution >= 4 is 24.2 Å². The van der Waals surface area contributed by atoms with Crippen molar-refractivity contribution < 1.29 is 36.4 Å². The van der Waals surface area contributed by atoms with Gasteiger partial charge in [0.2, 0.25) is 6.17 Å². The monoisotopic (exact) mass is 416 g/mol. The van der Waals surface area contributed by atoms with Crippen molar-refractivity contribution in [2.45, 2.75) is 44.0 Å². The van der Waals surface area contributed by atoms with Gasteiger partial charge < -0.3 is 24.3 Å². The van der Waals surface area contributed by atoms with Crippen molar-refractivity contribution in [1.29, 1.82) is 0 Å². The second-order valence-corrected chi connectivity index (χ2v) is 7.29. The molecule has 1 saturated carbocycles. The van der Waals surface area contributed by atoms with Gasteiger partial charge in [0.15, 0.2) is 0 Å². The van der Waals surface area contributed by atoms with Crippen LogP contribution < -0.4 is 10.6 Å². The maximum Gasteiger partial charge on any atom is 0.407 e. The minimum atomic E-state index is -3.79. The van der Waals surface area contributed by atoms with E-state index in [1.54, 1.807) is 6.92 Å². The maximum atomic E-state index is 13.3. The first kappa shape index (κ1) is 23.7. The van der Waals surface area contributed by atoms with E-state index in [4.69, 9.17) is 4.74 Å². The molecule has 7 nitrogen and oxygen atoms in total. The number of nitrogens with one attached hydrogen (secondary N) is 2. The summed E-state index contributed by atoms with van der Waals surface area (Å²) in [6.07, 6.45) is -0.531. The highest BCUT2D eigenvalue weighted by molar-refractivity contribution is 7.95. The molecular weight excluding hydrogens is 389 g/mol. The van der Waals surface area contributed by atoms with Crippen molar-refractivity contribution in [2.75, 3.05) is 33.4 Å². The Morgan fingerprint density at radius 3 is 2.00 bits per heavy atom. The summed E-state index contributed by atoms with van der Waals surface area (Å²) in [5.74, 6) is 0.577. The summed E-state index contributed by atoms with van der Waals surface area (Å²) in [4.78, 5) is 22.8. The van der Waals surface area contributed by atoms with Crippen LogP contribution >= 0.6 is 12.0 Å². The number of amides is 2. The zero-order valence-corrected chi connectivity index (χ0v) is 16.3. The molecule has 0 aromatic carbocycles. The molecule has 1 aliphatic carbocycles. The summed E-state index contributed by atoms with van der Waals surface area (Å²) in [5, 5.41) is 1.39. The highest BCUT2D eigenvalue weighted by Gasteiger charge is 2.43. The van der Waals surface area contributed by atoms with Gasteiger partial charge in [-0.2, -0.15) is 8.78 Å². The Hall–Kier alpha value is -1.36. The van der Waals surface area contributed by atoms with Crippen molar-refractivity contribution in [3.8, 4) is 0 Å². The van der Waals surface area contributed by atoms with Gasteiger partial charge in [-0.1, -0.05) is 0 Å². The molecular formula is C16H27F3N2O5S. The summed E-state index contributed by atoms with van der Waals surface area (Å²) >= 11 is -0.316. The van der Waals surface area contributed by atoms with E-state index in [2.05, 4.69) is 19.6 Å². The van der Waals surface area contributed by atoms with E-state index in [-0.39, 0.29) is 18.0 Å². The third-order valence-corrected chi connectivity index (χ3v) is 4.88. The van der Waals surface area contributed by atoms with Crippen LogP contribution in [0.5, 0.6) is 0 Å². The molecule has 0 saturated heterocycles. The van der Waals surface area contributed by atoms with Gasteiger partial charge in [0.25, 0.3) is 0 Å². The standard InChI is InChI=1S/C16H27F3N2O5S/c1-3-25-14(22)20-8-11-4-6-12(7-5-11)9-21-15(23)26-10-13(17)16(18,19)27-24-2/h11-13H,3-10H2,1-2H3,(H,20,22)(H,21,23).